The first-order valence-corrected chi connectivity index (χ1v) is 6.24. The summed E-state index contributed by atoms with van der Waals surface area (Å²) < 4.78 is 5.57. The third-order valence-electron chi connectivity index (χ3n) is 2.97. The van der Waals surface area contributed by atoms with Crippen LogP contribution in [0.3, 0.4) is 0 Å². The van der Waals surface area contributed by atoms with Crippen molar-refractivity contribution in [3.63, 3.8) is 0 Å². The number of nitrogens with zero attached hydrogens (tertiary/aromatic N) is 2. The van der Waals surface area contributed by atoms with Crippen molar-refractivity contribution in [2.24, 2.45) is 0 Å². The van der Waals surface area contributed by atoms with Crippen molar-refractivity contribution in [3.8, 4) is 0 Å². The van der Waals surface area contributed by atoms with Crippen LogP contribution in [0.15, 0.2) is 10.9 Å². The van der Waals surface area contributed by atoms with Gasteiger partial charge in [-0.3, -0.25) is 4.79 Å². The first-order chi connectivity index (χ1) is 8.62. The Labute approximate surface area is 106 Å². The van der Waals surface area contributed by atoms with E-state index in [1.165, 1.54) is 6.07 Å². The summed E-state index contributed by atoms with van der Waals surface area (Å²) in [7, 11) is 0. The van der Waals surface area contributed by atoms with E-state index in [2.05, 4.69) is 9.97 Å². The summed E-state index contributed by atoms with van der Waals surface area (Å²) in [5.74, 6) is 1.33. The van der Waals surface area contributed by atoms with Crippen LogP contribution in [0, 0.1) is 0 Å². The number of anilines is 1. The highest BCUT2D eigenvalue weighted by molar-refractivity contribution is 5.38. The van der Waals surface area contributed by atoms with E-state index in [0.29, 0.717) is 31.2 Å². The molecule has 0 bridgehead atoms. The Balaban J connectivity index is 2.24. The van der Waals surface area contributed by atoms with E-state index in [0.717, 1.165) is 0 Å². The maximum Gasteiger partial charge on any atom is 0.252 e. The average Bonchev–Trinajstić information content (AvgIpc) is 2.37. The summed E-state index contributed by atoms with van der Waals surface area (Å²) in [6.45, 7) is 5.10. The fourth-order valence-corrected chi connectivity index (χ4v) is 2.16. The van der Waals surface area contributed by atoms with E-state index in [9.17, 15) is 9.90 Å². The number of ether oxygens (including phenoxy) is 1. The molecule has 0 saturated carbocycles. The van der Waals surface area contributed by atoms with Crippen molar-refractivity contribution in [3.05, 3.63) is 22.2 Å². The lowest BCUT2D eigenvalue weighted by molar-refractivity contribution is -0.0423. The SMILES string of the molecule is CCc1nc(N2CC(C)OC(CO)C2)cc(=O)[nH]1. The Morgan fingerprint density at radius 1 is 1.61 bits per heavy atom. The van der Waals surface area contributed by atoms with Gasteiger partial charge in [-0.05, 0) is 6.92 Å². The van der Waals surface area contributed by atoms with Crippen molar-refractivity contribution >= 4 is 5.82 Å². The zero-order valence-corrected chi connectivity index (χ0v) is 10.7. The minimum absolute atomic E-state index is 0.0158. The summed E-state index contributed by atoms with van der Waals surface area (Å²) >= 11 is 0. The van der Waals surface area contributed by atoms with Gasteiger partial charge in [0.25, 0.3) is 5.56 Å². The first kappa shape index (κ1) is 13.0. The Morgan fingerprint density at radius 3 is 3.06 bits per heavy atom. The van der Waals surface area contributed by atoms with Gasteiger partial charge in [-0.2, -0.15) is 0 Å². The maximum atomic E-state index is 11.5. The summed E-state index contributed by atoms with van der Waals surface area (Å²) in [5.41, 5.74) is -0.142. The predicted octanol–water partition coefficient (Wildman–Crippen LogP) is -0.0817. The third-order valence-corrected chi connectivity index (χ3v) is 2.97. The highest BCUT2D eigenvalue weighted by atomic mass is 16.5. The van der Waals surface area contributed by atoms with Crippen molar-refractivity contribution in [1.29, 1.82) is 0 Å². The Morgan fingerprint density at radius 2 is 2.39 bits per heavy atom. The number of aromatic amines is 1. The second kappa shape index (κ2) is 5.49. The second-order valence-electron chi connectivity index (χ2n) is 4.56. The van der Waals surface area contributed by atoms with Crippen molar-refractivity contribution in [2.45, 2.75) is 32.5 Å². The predicted molar refractivity (Wildman–Crippen MR) is 67.9 cm³/mol. The monoisotopic (exact) mass is 253 g/mol. The van der Waals surface area contributed by atoms with Gasteiger partial charge in [-0.25, -0.2) is 4.98 Å². The van der Waals surface area contributed by atoms with E-state index in [1.54, 1.807) is 0 Å². The van der Waals surface area contributed by atoms with Crippen LogP contribution >= 0.6 is 0 Å². The third kappa shape index (κ3) is 2.88. The van der Waals surface area contributed by atoms with Gasteiger partial charge in [0.2, 0.25) is 0 Å². The molecule has 0 aromatic carbocycles. The fourth-order valence-electron chi connectivity index (χ4n) is 2.16. The number of morpholine rings is 1. The lowest BCUT2D eigenvalue weighted by Crippen LogP contribution is -2.48. The molecule has 2 atom stereocenters. The molecule has 18 heavy (non-hydrogen) atoms. The molecule has 0 amide bonds. The molecule has 2 unspecified atom stereocenters. The lowest BCUT2D eigenvalue weighted by atomic mass is 10.2. The van der Waals surface area contributed by atoms with Gasteiger partial charge < -0.3 is 19.7 Å². The summed E-state index contributed by atoms with van der Waals surface area (Å²) in [6, 6.07) is 1.49. The Hall–Kier alpha value is -1.40. The van der Waals surface area contributed by atoms with E-state index in [4.69, 9.17) is 4.74 Å². The molecule has 2 N–H and O–H groups in total. The number of nitrogens with one attached hydrogen (secondary N) is 1. The van der Waals surface area contributed by atoms with Gasteiger partial charge in [-0.15, -0.1) is 0 Å². The summed E-state index contributed by atoms with van der Waals surface area (Å²) in [4.78, 5) is 20.6. The Bertz CT molecular complexity index is 460. The molecule has 0 spiro atoms. The number of H-pyrrole nitrogens is 1. The highest BCUT2D eigenvalue weighted by Gasteiger charge is 2.25. The molecule has 1 aromatic heterocycles. The maximum absolute atomic E-state index is 11.5. The second-order valence-corrected chi connectivity index (χ2v) is 4.56. The molecular weight excluding hydrogens is 234 g/mol. The van der Waals surface area contributed by atoms with Crippen LogP contribution < -0.4 is 10.5 Å². The molecule has 100 valence electrons. The van der Waals surface area contributed by atoms with Crippen molar-refractivity contribution in [2.75, 3.05) is 24.6 Å². The zero-order valence-electron chi connectivity index (χ0n) is 10.7. The minimum Gasteiger partial charge on any atom is -0.394 e. The molecule has 2 rings (SSSR count). The van der Waals surface area contributed by atoms with E-state index < -0.39 is 0 Å². The molecular formula is C12H19N3O3. The Kier molecular flexibility index (Phi) is 3.98. The molecule has 6 nitrogen and oxygen atoms in total. The normalized spacial score (nSPS) is 24.3. The number of aliphatic hydroxyl groups excluding tert-OH is 1. The van der Waals surface area contributed by atoms with Gasteiger partial charge in [0.1, 0.15) is 11.6 Å². The van der Waals surface area contributed by atoms with E-state index >= 15 is 0 Å². The number of aryl methyl sites for hydroxylation is 1. The minimum atomic E-state index is -0.222. The number of rotatable bonds is 3. The fraction of sp³-hybridized carbons (Fsp3) is 0.667. The molecule has 1 aromatic rings. The molecule has 6 heteroatoms. The standard InChI is InChI=1S/C12H19N3O3/c1-3-10-13-11(4-12(17)14-10)15-5-8(2)18-9(6-15)7-16/h4,8-9,16H,3,5-7H2,1-2H3,(H,13,14,17). The molecule has 1 saturated heterocycles. The topological polar surface area (TPSA) is 78.5 Å². The van der Waals surface area contributed by atoms with E-state index in [-0.39, 0.29) is 24.4 Å². The first-order valence-electron chi connectivity index (χ1n) is 6.24. The molecule has 2 heterocycles. The number of hydrogen-bond donors (Lipinski definition) is 2. The van der Waals surface area contributed by atoms with E-state index in [1.807, 2.05) is 18.7 Å². The average molecular weight is 253 g/mol. The summed E-state index contributed by atoms with van der Waals surface area (Å²) in [6.07, 6.45) is 0.480. The summed E-state index contributed by atoms with van der Waals surface area (Å²) in [5, 5.41) is 9.19. The number of hydrogen-bond acceptors (Lipinski definition) is 5. The van der Waals surface area contributed by atoms with Gasteiger partial charge >= 0.3 is 0 Å². The highest BCUT2D eigenvalue weighted by Crippen LogP contribution is 2.17. The van der Waals surface area contributed by atoms with Crippen LogP contribution in [-0.2, 0) is 11.2 Å². The van der Waals surface area contributed by atoms with Crippen molar-refractivity contribution < 1.29 is 9.84 Å². The van der Waals surface area contributed by atoms with Gasteiger partial charge in [0, 0.05) is 25.6 Å². The van der Waals surface area contributed by atoms with Gasteiger partial charge in [0.05, 0.1) is 18.8 Å². The van der Waals surface area contributed by atoms with Crippen LogP contribution in [0.5, 0.6) is 0 Å². The van der Waals surface area contributed by atoms with Crippen LogP contribution in [0.2, 0.25) is 0 Å². The quantitative estimate of drug-likeness (QED) is 0.787. The zero-order chi connectivity index (χ0) is 13.1. The van der Waals surface area contributed by atoms with Gasteiger partial charge in [-0.1, -0.05) is 6.92 Å². The van der Waals surface area contributed by atoms with Crippen LogP contribution in [0.25, 0.3) is 0 Å². The molecule has 0 aliphatic carbocycles. The molecule has 1 aliphatic heterocycles. The van der Waals surface area contributed by atoms with Crippen LogP contribution in [0.1, 0.15) is 19.7 Å². The number of aromatic nitrogens is 2. The van der Waals surface area contributed by atoms with Crippen molar-refractivity contribution in [1.82, 2.24) is 9.97 Å². The molecule has 1 aliphatic rings. The van der Waals surface area contributed by atoms with Crippen LogP contribution in [-0.4, -0.2) is 47.0 Å². The van der Waals surface area contributed by atoms with Gasteiger partial charge in [0.15, 0.2) is 0 Å². The largest absolute Gasteiger partial charge is 0.394 e. The van der Waals surface area contributed by atoms with Crippen LogP contribution in [0.4, 0.5) is 5.82 Å². The number of aliphatic hydroxyl groups is 1. The lowest BCUT2D eigenvalue weighted by Gasteiger charge is -2.36. The molecule has 0 radical (unpaired) electrons. The molecule has 1 fully saturated rings. The smallest absolute Gasteiger partial charge is 0.252 e.